The maximum atomic E-state index is 12.8. The molecule has 1 heterocycles. The molecule has 2 N–H and O–H groups in total. The smallest absolute Gasteiger partial charge is 0.316 e. The van der Waals surface area contributed by atoms with Gasteiger partial charge >= 0.3 is 6.03 Å². The average molecular weight is 318 g/mol. The first kappa shape index (κ1) is 13.8. The summed E-state index contributed by atoms with van der Waals surface area (Å²) in [6, 6.07) is 17.2. The topological polar surface area (TPSA) is 58.2 Å². The fourth-order valence-corrected chi connectivity index (χ4v) is 4.63. The van der Waals surface area contributed by atoms with Gasteiger partial charge in [0.05, 0.1) is 0 Å². The molecule has 4 heteroatoms. The minimum absolute atomic E-state index is 0.312. The van der Waals surface area contributed by atoms with Gasteiger partial charge in [0.15, 0.2) is 5.54 Å². The lowest BCUT2D eigenvalue weighted by molar-refractivity contribution is -0.122. The Bertz CT molecular complexity index is 844. The zero-order chi connectivity index (χ0) is 16.4. The van der Waals surface area contributed by atoms with E-state index in [0.717, 1.165) is 17.0 Å². The Kier molecular flexibility index (Phi) is 2.57. The number of hydrogen-bond donors (Lipinski definition) is 2. The summed E-state index contributed by atoms with van der Waals surface area (Å²) in [5.41, 5.74) is 2.09. The molecule has 4 fully saturated rings. The fourth-order valence-electron chi connectivity index (χ4n) is 4.63. The van der Waals surface area contributed by atoms with Crippen LogP contribution in [0.2, 0.25) is 0 Å². The third-order valence-corrected chi connectivity index (χ3v) is 6.02. The van der Waals surface area contributed by atoms with Crippen LogP contribution in [0, 0.1) is 5.92 Å². The van der Waals surface area contributed by atoms with Crippen molar-refractivity contribution in [2.24, 2.45) is 5.92 Å². The highest BCUT2D eigenvalue weighted by molar-refractivity contribution is 6.09. The van der Waals surface area contributed by atoms with Gasteiger partial charge in [-0.2, -0.15) is 0 Å². The van der Waals surface area contributed by atoms with Crippen molar-refractivity contribution in [3.63, 3.8) is 0 Å². The predicted octanol–water partition coefficient (Wildman–Crippen LogP) is 2.82. The van der Waals surface area contributed by atoms with Crippen LogP contribution in [0.1, 0.15) is 36.0 Å². The molecule has 0 spiro atoms. The molecule has 2 aromatic rings. The molecule has 2 bridgehead atoms. The molecule has 1 unspecified atom stereocenters. The first-order chi connectivity index (χ1) is 11.6. The minimum Gasteiger partial charge on any atom is -0.316 e. The van der Waals surface area contributed by atoms with Gasteiger partial charge in [0.1, 0.15) is 0 Å². The van der Waals surface area contributed by atoms with E-state index in [-0.39, 0.29) is 5.91 Å². The van der Waals surface area contributed by atoms with E-state index in [0.29, 0.717) is 5.41 Å². The molecule has 3 aliphatic carbocycles. The molecule has 1 saturated heterocycles. The van der Waals surface area contributed by atoms with Crippen LogP contribution >= 0.6 is 0 Å². The van der Waals surface area contributed by atoms with Crippen LogP contribution in [0.25, 0.3) is 0 Å². The second-order valence-corrected chi connectivity index (χ2v) is 7.36. The number of carbonyl (C=O) groups excluding carboxylic acids is 2. The molecule has 3 saturated carbocycles. The van der Waals surface area contributed by atoms with E-state index < -0.39 is 11.6 Å². The summed E-state index contributed by atoms with van der Waals surface area (Å²) >= 11 is 0. The Morgan fingerprint density at radius 3 is 2.08 bits per heavy atom. The van der Waals surface area contributed by atoms with E-state index in [4.69, 9.17) is 0 Å². The van der Waals surface area contributed by atoms with Crippen molar-refractivity contribution in [1.82, 2.24) is 10.6 Å². The van der Waals surface area contributed by atoms with Crippen LogP contribution in [0.5, 0.6) is 0 Å². The van der Waals surface area contributed by atoms with Gasteiger partial charge in [0.25, 0.3) is 5.91 Å². The summed E-state index contributed by atoms with van der Waals surface area (Å²) in [5, 5.41) is 5.29. The van der Waals surface area contributed by atoms with Crippen molar-refractivity contribution >= 4 is 11.9 Å². The van der Waals surface area contributed by atoms with Gasteiger partial charge in [-0.05, 0) is 47.3 Å². The molecule has 24 heavy (non-hydrogen) atoms. The number of carbonyl (C=O) groups is 2. The highest BCUT2D eigenvalue weighted by Crippen LogP contribution is 2.65. The summed E-state index contributed by atoms with van der Waals surface area (Å²) in [7, 11) is 0. The molecule has 120 valence electrons. The average Bonchev–Trinajstić information content (AvgIpc) is 2.81. The monoisotopic (exact) mass is 318 g/mol. The molecule has 0 radical (unpaired) electrons. The van der Waals surface area contributed by atoms with Crippen LogP contribution in [0.3, 0.4) is 0 Å². The van der Waals surface area contributed by atoms with Gasteiger partial charge in [-0.1, -0.05) is 54.6 Å². The van der Waals surface area contributed by atoms with Crippen molar-refractivity contribution in [2.45, 2.75) is 30.2 Å². The molecule has 3 amide bonds. The predicted molar refractivity (Wildman–Crippen MR) is 89.4 cm³/mol. The number of benzene rings is 2. The van der Waals surface area contributed by atoms with Gasteiger partial charge in [-0.3, -0.25) is 10.1 Å². The van der Waals surface area contributed by atoms with Gasteiger partial charge < -0.3 is 5.32 Å². The van der Waals surface area contributed by atoms with Crippen molar-refractivity contribution in [3.05, 3.63) is 71.3 Å². The SMILES string of the molecule is O=C1NC(=O)C(c2ccccc2)(c2cccc(C34CC(C3)C4)c2)N1. The third-order valence-electron chi connectivity index (χ3n) is 6.02. The number of amides is 3. The first-order valence-electron chi connectivity index (χ1n) is 8.43. The molecule has 2 aromatic carbocycles. The van der Waals surface area contributed by atoms with Crippen LogP contribution in [-0.4, -0.2) is 11.9 Å². The summed E-state index contributed by atoms with van der Waals surface area (Å²) in [5.74, 6) is 0.583. The van der Waals surface area contributed by atoms with E-state index >= 15 is 0 Å². The van der Waals surface area contributed by atoms with E-state index in [1.165, 1.54) is 24.8 Å². The van der Waals surface area contributed by atoms with Crippen LogP contribution < -0.4 is 10.6 Å². The summed E-state index contributed by atoms with van der Waals surface area (Å²) < 4.78 is 0. The molecular formula is C20H18N2O2. The summed E-state index contributed by atoms with van der Waals surface area (Å²) in [4.78, 5) is 24.7. The number of nitrogens with one attached hydrogen (secondary N) is 2. The second kappa shape index (κ2) is 4.47. The lowest BCUT2D eigenvalue weighted by Crippen LogP contribution is -2.55. The van der Waals surface area contributed by atoms with Crippen LogP contribution in [-0.2, 0) is 15.7 Å². The number of rotatable bonds is 3. The molecule has 4 aliphatic rings. The second-order valence-electron chi connectivity index (χ2n) is 7.36. The van der Waals surface area contributed by atoms with Crippen molar-refractivity contribution in [2.75, 3.05) is 0 Å². The maximum Gasteiger partial charge on any atom is 0.322 e. The Morgan fingerprint density at radius 1 is 0.833 bits per heavy atom. The van der Waals surface area contributed by atoms with Crippen LogP contribution in [0.4, 0.5) is 4.79 Å². The highest BCUT2D eigenvalue weighted by atomic mass is 16.2. The molecule has 0 aromatic heterocycles. The normalized spacial score (nSPS) is 33.2. The fraction of sp³-hybridized carbons (Fsp3) is 0.300. The van der Waals surface area contributed by atoms with Crippen molar-refractivity contribution in [3.8, 4) is 0 Å². The lowest BCUT2D eigenvalue weighted by Gasteiger charge is -2.62. The molecular weight excluding hydrogens is 300 g/mol. The highest BCUT2D eigenvalue weighted by Gasteiger charge is 2.58. The number of imide groups is 1. The van der Waals surface area contributed by atoms with Gasteiger partial charge in [0, 0.05) is 0 Å². The van der Waals surface area contributed by atoms with E-state index in [1.807, 2.05) is 42.5 Å². The molecule has 1 aliphatic heterocycles. The quantitative estimate of drug-likeness (QED) is 0.855. The van der Waals surface area contributed by atoms with E-state index in [9.17, 15) is 9.59 Å². The molecule has 4 nitrogen and oxygen atoms in total. The van der Waals surface area contributed by atoms with Crippen molar-refractivity contribution < 1.29 is 9.59 Å². The molecule has 1 atom stereocenters. The Balaban J connectivity index is 1.67. The van der Waals surface area contributed by atoms with Gasteiger partial charge in [-0.15, -0.1) is 0 Å². The zero-order valence-corrected chi connectivity index (χ0v) is 13.2. The zero-order valence-electron chi connectivity index (χ0n) is 13.2. The Morgan fingerprint density at radius 2 is 1.50 bits per heavy atom. The Labute approximate surface area is 140 Å². The lowest BCUT2D eigenvalue weighted by atomic mass is 9.42. The summed E-state index contributed by atoms with van der Waals surface area (Å²) in [6.45, 7) is 0. The van der Waals surface area contributed by atoms with E-state index in [1.54, 1.807) is 0 Å². The van der Waals surface area contributed by atoms with E-state index in [2.05, 4.69) is 22.8 Å². The summed E-state index contributed by atoms with van der Waals surface area (Å²) in [6.07, 6.45) is 3.77. The van der Waals surface area contributed by atoms with Crippen LogP contribution in [0.15, 0.2) is 54.6 Å². The van der Waals surface area contributed by atoms with Gasteiger partial charge in [-0.25, -0.2) is 4.79 Å². The number of urea groups is 1. The van der Waals surface area contributed by atoms with Crippen molar-refractivity contribution in [1.29, 1.82) is 0 Å². The molecule has 6 rings (SSSR count). The van der Waals surface area contributed by atoms with Gasteiger partial charge in [0.2, 0.25) is 0 Å². The standard InChI is InChI=1S/C20H18N2O2/c23-17-20(22-18(24)21-17,14-5-2-1-3-6-14)16-8-4-7-15(9-16)19-10-13(11-19)12-19/h1-9,13H,10-12H2,(H2,21,22,23,24). The largest absolute Gasteiger partial charge is 0.322 e. The minimum atomic E-state index is -1.14. The first-order valence-corrected chi connectivity index (χ1v) is 8.43. The third kappa shape index (κ3) is 1.63. The maximum absolute atomic E-state index is 12.8. The Hall–Kier alpha value is -2.62. The number of hydrogen-bond acceptors (Lipinski definition) is 2.